The predicted molar refractivity (Wildman–Crippen MR) is 137 cm³/mol. The molecule has 0 saturated heterocycles. The van der Waals surface area contributed by atoms with E-state index < -0.39 is 5.97 Å². The zero-order chi connectivity index (χ0) is 24.9. The number of esters is 1. The third-order valence-electron chi connectivity index (χ3n) is 6.83. The normalized spacial score (nSPS) is 16.8. The molecule has 0 atom stereocenters. The van der Waals surface area contributed by atoms with Gasteiger partial charge in [-0.3, -0.25) is 0 Å². The lowest BCUT2D eigenvalue weighted by molar-refractivity contribution is -0.131. The zero-order valence-electron chi connectivity index (χ0n) is 21.0. The molecule has 4 heteroatoms. The Balaban J connectivity index is 1.86. The summed E-state index contributed by atoms with van der Waals surface area (Å²) in [4.78, 5) is 23.3. The highest BCUT2D eigenvalue weighted by molar-refractivity contribution is 5.92. The SMILES string of the molecule is CCOC(=O)c1cccc(C(=C\CCc2ccc3c(c2)C(C)(C)CCC3(C)C)/C=C/C(=O)O)c1. The average Bonchev–Trinajstić information content (AvgIpc) is 2.79. The molecule has 0 amide bonds. The molecule has 4 nitrogen and oxygen atoms in total. The Morgan fingerprint density at radius 2 is 1.62 bits per heavy atom. The number of carbonyl (C=O) groups excluding carboxylic acids is 1. The molecule has 2 aromatic carbocycles. The van der Waals surface area contributed by atoms with Gasteiger partial charge in [0.2, 0.25) is 0 Å². The predicted octanol–water partition coefficient (Wildman–Crippen LogP) is 6.87. The van der Waals surface area contributed by atoms with Gasteiger partial charge in [0.05, 0.1) is 12.2 Å². The van der Waals surface area contributed by atoms with Crippen LogP contribution in [-0.4, -0.2) is 23.7 Å². The van der Waals surface area contributed by atoms with E-state index in [4.69, 9.17) is 9.84 Å². The summed E-state index contributed by atoms with van der Waals surface area (Å²) in [5.41, 5.74) is 6.55. The van der Waals surface area contributed by atoms with Gasteiger partial charge in [0, 0.05) is 6.08 Å². The molecule has 1 aliphatic carbocycles. The number of carboxylic acids is 1. The smallest absolute Gasteiger partial charge is 0.338 e. The Hall–Kier alpha value is -3.14. The number of aliphatic carboxylic acids is 1. The second-order valence-corrected chi connectivity index (χ2v) is 10.3. The van der Waals surface area contributed by atoms with Gasteiger partial charge in [0.15, 0.2) is 0 Å². The van der Waals surface area contributed by atoms with E-state index in [1.54, 1.807) is 31.2 Å². The zero-order valence-corrected chi connectivity index (χ0v) is 21.0. The summed E-state index contributed by atoms with van der Waals surface area (Å²) >= 11 is 0. The number of fused-ring (bicyclic) bond motifs is 1. The van der Waals surface area contributed by atoms with E-state index in [0.29, 0.717) is 12.2 Å². The topological polar surface area (TPSA) is 63.6 Å². The molecule has 1 N–H and O–H groups in total. The molecular weight excluding hydrogens is 424 g/mol. The number of carbonyl (C=O) groups is 2. The first-order valence-corrected chi connectivity index (χ1v) is 12.1. The van der Waals surface area contributed by atoms with Crippen LogP contribution in [0.2, 0.25) is 0 Å². The fraction of sp³-hybridized carbons (Fsp3) is 0.400. The van der Waals surface area contributed by atoms with Gasteiger partial charge in [0.1, 0.15) is 0 Å². The van der Waals surface area contributed by atoms with E-state index in [9.17, 15) is 9.59 Å². The summed E-state index contributed by atoms with van der Waals surface area (Å²) in [6, 6.07) is 14.0. The van der Waals surface area contributed by atoms with Crippen LogP contribution in [0, 0.1) is 0 Å². The van der Waals surface area contributed by atoms with Crippen LogP contribution in [-0.2, 0) is 26.8 Å². The fourth-order valence-corrected chi connectivity index (χ4v) is 4.67. The summed E-state index contributed by atoms with van der Waals surface area (Å²) in [6.07, 6.45) is 8.74. The molecule has 0 aliphatic heterocycles. The van der Waals surface area contributed by atoms with Crippen LogP contribution in [0.1, 0.15) is 86.5 Å². The van der Waals surface area contributed by atoms with Gasteiger partial charge in [0.25, 0.3) is 0 Å². The monoisotopic (exact) mass is 460 g/mol. The first-order valence-electron chi connectivity index (χ1n) is 12.1. The minimum Gasteiger partial charge on any atom is -0.478 e. The van der Waals surface area contributed by atoms with Gasteiger partial charge in [-0.1, -0.05) is 64.1 Å². The summed E-state index contributed by atoms with van der Waals surface area (Å²) in [5.74, 6) is -1.39. The van der Waals surface area contributed by atoms with Crippen molar-refractivity contribution >= 4 is 17.5 Å². The standard InChI is InChI=1S/C30H36O4/c1-6-34-28(33)24-12-8-11-23(20-24)22(14-16-27(31)32)10-7-9-21-13-15-25-26(19-21)30(4,5)18-17-29(25,2)3/h8,10-16,19-20H,6-7,9,17-18H2,1-5H3,(H,31,32)/b16-14+,22-10-. The second-order valence-electron chi connectivity index (χ2n) is 10.3. The van der Waals surface area contributed by atoms with E-state index in [2.05, 4.69) is 45.9 Å². The lowest BCUT2D eigenvalue weighted by atomic mass is 9.63. The lowest BCUT2D eigenvalue weighted by Crippen LogP contribution is -2.33. The largest absolute Gasteiger partial charge is 0.478 e. The van der Waals surface area contributed by atoms with Crippen molar-refractivity contribution in [2.45, 2.75) is 71.1 Å². The molecule has 3 rings (SSSR count). The van der Waals surface area contributed by atoms with Crippen LogP contribution >= 0.6 is 0 Å². The molecule has 2 aromatic rings. The van der Waals surface area contributed by atoms with E-state index in [1.165, 1.54) is 29.5 Å². The van der Waals surface area contributed by atoms with Gasteiger partial charge in [-0.2, -0.15) is 0 Å². The molecule has 0 aromatic heterocycles. The average molecular weight is 461 g/mol. The van der Waals surface area contributed by atoms with Gasteiger partial charge >= 0.3 is 11.9 Å². The minimum atomic E-state index is -1.01. The van der Waals surface area contributed by atoms with Gasteiger partial charge < -0.3 is 9.84 Å². The summed E-state index contributed by atoms with van der Waals surface area (Å²) in [6.45, 7) is 11.4. The molecule has 0 heterocycles. The third-order valence-corrected chi connectivity index (χ3v) is 6.83. The highest BCUT2D eigenvalue weighted by Gasteiger charge is 2.36. The maximum atomic E-state index is 12.1. The molecule has 34 heavy (non-hydrogen) atoms. The van der Waals surface area contributed by atoms with Crippen LogP contribution < -0.4 is 0 Å². The Labute approximate surface area is 203 Å². The molecule has 0 radical (unpaired) electrons. The van der Waals surface area contributed by atoms with E-state index in [0.717, 1.165) is 30.1 Å². The van der Waals surface area contributed by atoms with Crippen molar-refractivity contribution in [3.63, 3.8) is 0 Å². The maximum absolute atomic E-state index is 12.1. The Morgan fingerprint density at radius 1 is 0.941 bits per heavy atom. The molecule has 0 bridgehead atoms. The minimum absolute atomic E-state index is 0.166. The molecule has 1 aliphatic rings. The third kappa shape index (κ3) is 6.05. The Morgan fingerprint density at radius 3 is 2.29 bits per heavy atom. The van der Waals surface area contributed by atoms with Crippen molar-refractivity contribution in [1.29, 1.82) is 0 Å². The number of hydrogen-bond acceptors (Lipinski definition) is 3. The summed E-state index contributed by atoms with van der Waals surface area (Å²) in [5, 5.41) is 9.14. The van der Waals surface area contributed by atoms with Crippen molar-refractivity contribution in [2.24, 2.45) is 0 Å². The highest BCUT2D eigenvalue weighted by Crippen LogP contribution is 2.46. The van der Waals surface area contributed by atoms with Gasteiger partial charge in [-0.15, -0.1) is 0 Å². The lowest BCUT2D eigenvalue weighted by Gasteiger charge is -2.42. The molecule has 180 valence electrons. The number of ether oxygens (including phenoxy) is 1. The Kier molecular flexibility index (Phi) is 7.81. The number of hydrogen-bond donors (Lipinski definition) is 1. The van der Waals surface area contributed by atoms with E-state index >= 15 is 0 Å². The molecule has 0 fully saturated rings. The van der Waals surface area contributed by atoms with E-state index in [-0.39, 0.29) is 16.8 Å². The first kappa shape index (κ1) is 25.5. The molecule has 0 spiro atoms. The number of carboxylic acid groups (broad SMARTS) is 1. The first-order chi connectivity index (χ1) is 16.0. The van der Waals surface area contributed by atoms with Gasteiger partial charge in [-0.25, -0.2) is 9.59 Å². The van der Waals surface area contributed by atoms with Crippen LogP contribution in [0.15, 0.2) is 60.7 Å². The van der Waals surface area contributed by atoms with Crippen LogP contribution in [0.25, 0.3) is 5.57 Å². The van der Waals surface area contributed by atoms with Crippen molar-refractivity contribution < 1.29 is 19.4 Å². The van der Waals surface area contributed by atoms with Crippen molar-refractivity contribution in [3.8, 4) is 0 Å². The van der Waals surface area contributed by atoms with Crippen LogP contribution in [0.5, 0.6) is 0 Å². The number of rotatable bonds is 8. The molecular formula is C30H36O4. The number of benzene rings is 2. The van der Waals surface area contributed by atoms with E-state index in [1.807, 2.05) is 12.1 Å². The van der Waals surface area contributed by atoms with Crippen molar-refractivity contribution in [3.05, 3.63) is 88.5 Å². The van der Waals surface area contributed by atoms with Crippen molar-refractivity contribution in [1.82, 2.24) is 0 Å². The quantitative estimate of drug-likeness (QED) is 0.265. The highest BCUT2D eigenvalue weighted by atomic mass is 16.5. The Bertz CT molecular complexity index is 1120. The second kappa shape index (κ2) is 10.4. The van der Waals surface area contributed by atoms with Crippen LogP contribution in [0.3, 0.4) is 0 Å². The summed E-state index contributed by atoms with van der Waals surface area (Å²) in [7, 11) is 0. The fourth-order valence-electron chi connectivity index (χ4n) is 4.67. The number of allylic oxidation sites excluding steroid dienone is 3. The van der Waals surface area contributed by atoms with Crippen LogP contribution in [0.4, 0.5) is 0 Å². The molecule has 0 saturated carbocycles. The maximum Gasteiger partial charge on any atom is 0.338 e. The molecule has 0 unspecified atom stereocenters. The summed E-state index contributed by atoms with van der Waals surface area (Å²) < 4.78 is 5.11. The van der Waals surface area contributed by atoms with Gasteiger partial charge in [-0.05, 0) is 89.5 Å². The number of aryl methyl sites for hydroxylation is 1. The van der Waals surface area contributed by atoms with Crippen molar-refractivity contribution in [2.75, 3.05) is 6.61 Å².